The largest absolute Gasteiger partial charge is 0.493 e. The minimum absolute atomic E-state index is 0.166. The van der Waals surface area contributed by atoms with E-state index in [1.165, 1.54) is 5.56 Å². The Labute approximate surface area is 179 Å². The zero-order chi connectivity index (χ0) is 20.8. The Balaban J connectivity index is 1.29. The van der Waals surface area contributed by atoms with Gasteiger partial charge in [0.25, 0.3) is 0 Å². The number of para-hydroxylation sites is 1. The van der Waals surface area contributed by atoms with Gasteiger partial charge in [-0.25, -0.2) is 0 Å². The lowest BCUT2D eigenvalue weighted by Gasteiger charge is -2.40. The van der Waals surface area contributed by atoms with Crippen molar-refractivity contribution in [1.29, 1.82) is 0 Å². The number of nitrogens with one attached hydrogen (secondary N) is 1. The molecule has 2 unspecified atom stereocenters. The molecule has 0 spiro atoms. The fourth-order valence-electron chi connectivity index (χ4n) is 4.41. The van der Waals surface area contributed by atoms with Crippen LogP contribution in [0.25, 0.3) is 0 Å². The van der Waals surface area contributed by atoms with E-state index < -0.39 is 0 Å². The summed E-state index contributed by atoms with van der Waals surface area (Å²) in [6.07, 6.45) is 1.90. The molecular weight excluding hydrogens is 374 g/mol. The molecular formula is C24H33N5O. The molecule has 160 valence electrons. The summed E-state index contributed by atoms with van der Waals surface area (Å²) < 4.78 is 5.73. The first kappa shape index (κ1) is 20.7. The number of benzene rings is 2. The molecule has 0 aromatic heterocycles. The number of piperazine rings is 1. The number of likely N-dealkylation sites (N-methyl/N-ethyl adjacent to an activating group) is 1. The van der Waals surface area contributed by atoms with Gasteiger partial charge >= 0.3 is 0 Å². The predicted molar refractivity (Wildman–Crippen MR) is 122 cm³/mol. The second-order valence-electron chi connectivity index (χ2n) is 8.22. The summed E-state index contributed by atoms with van der Waals surface area (Å²) in [7, 11) is 2.21. The van der Waals surface area contributed by atoms with E-state index in [0.717, 1.165) is 56.9 Å². The van der Waals surface area contributed by atoms with Gasteiger partial charge < -0.3 is 20.7 Å². The number of guanidine groups is 1. The van der Waals surface area contributed by atoms with Gasteiger partial charge in [-0.3, -0.25) is 9.89 Å². The first-order valence-corrected chi connectivity index (χ1v) is 11.0. The van der Waals surface area contributed by atoms with Crippen LogP contribution >= 0.6 is 0 Å². The van der Waals surface area contributed by atoms with Crippen LogP contribution in [0.5, 0.6) is 5.75 Å². The Bertz CT molecular complexity index is 840. The van der Waals surface area contributed by atoms with Crippen molar-refractivity contribution < 1.29 is 4.74 Å². The van der Waals surface area contributed by atoms with Gasteiger partial charge in [0.05, 0.1) is 12.6 Å². The normalized spacial score (nSPS) is 22.9. The number of hydrogen-bond acceptors (Lipinski definition) is 4. The second kappa shape index (κ2) is 9.96. The molecule has 2 aromatic rings. The Morgan fingerprint density at radius 1 is 1.13 bits per heavy atom. The molecule has 2 aliphatic rings. The summed E-state index contributed by atoms with van der Waals surface area (Å²) in [5.74, 6) is 1.46. The summed E-state index contributed by atoms with van der Waals surface area (Å²) in [6, 6.07) is 19.6. The van der Waals surface area contributed by atoms with E-state index in [9.17, 15) is 0 Å². The molecule has 0 saturated carbocycles. The molecule has 6 heteroatoms. The minimum atomic E-state index is 0.166. The third-order valence-corrected chi connectivity index (χ3v) is 6.04. The molecule has 4 rings (SSSR count). The quantitative estimate of drug-likeness (QED) is 0.438. The van der Waals surface area contributed by atoms with Gasteiger partial charge in [0.1, 0.15) is 5.75 Å². The van der Waals surface area contributed by atoms with Crippen LogP contribution in [-0.4, -0.2) is 62.1 Å². The molecule has 1 fully saturated rings. The van der Waals surface area contributed by atoms with Crippen LogP contribution in [0.1, 0.15) is 36.1 Å². The minimum Gasteiger partial charge on any atom is -0.493 e. The lowest BCUT2D eigenvalue weighted by Crippen LogP contribution is -2.47. The van der Waals surface area contributed by atoms with Crippen molar-refractivity contribution >= 4 is 5.96 Å². The average molecular weight is 408 g/mol. The first-order valence-electron chi connectivity index (χ1n) is 11.0. The van der Waals surface area contributed by atoms with E-state index >= 15 is 0 Å². The molecule has 3 N–H and O–H groups in total. The van der Waals surface area contributed by atoms with Crippen molar-refractivity contribution in [1.82, 2.24) is 15.1 Å². The van der Waals surface area contributed by atoms with Crippen LogP contribution in [0.2, 0.25) is 0 Å². The molecule has 1 saturated heterocycles. The molecule has 2 aromatic carbocycles. The van der Waals surface area contributed by atoms with Gasteiger partial charge in [-0.15, -0.1) is 0 Å². The lowest BCUT2D eigenvalue weighted by molar-refractivity contribution is 0.0894. The highest BCUT2D eigenvalue weighted by atomic mass is 16.5. The van der Waals surface area contributed by atoms with Crippen molar-refractivity contribution in [3.63, 3.8) is 0 Å². The number of nitrogens with zero attached hydrogens (tertiary/aromatic N) is 3. The SMILES string of the molecule is CN1CCN(CCCN=C(N)NC2CCOc3ccccc32)C(c2ccccc2)C1. The van der Waals surface area contributed by atoms with Gasteiger partial charge in [-0.2, -0.15) is 0 Å². The fraction of sp³-hybridized carbons (Fsp3) is 0.458. The highest BCUT2D eigenvalue weighted by Gasteiger charge is 2.26. The summed E-state index contributed by atoms with van der Waals surface area (Å²) in [5.41, 5.74) is 8.75. The monoisotopic (exact) mass is 407 g/mol. The van der Waals surface area contributed by atoms with E-state index in [1.807, 2.05) is 18.2 Å². The van der Waals surface area contributed by atoms with Gasteiger partial charge in [0.15, 0.2) is 5.96 Å². The highest BCUT2D eigenvalue weighted by Crippen LogP contribution is 2.31. The second-order valence-corrected chi connectivity index (χ2v) is 8.22. The van der Waals surface area contributed by atoms with E-state index in [1.54, 1.807) is 0 Å². The summed E-state index contributed by atoms with van der Waals surface area (Å²) in [5, 5.41) is 3.38. The average Bonchev–Trinajstić information content (AvgIpc) is 2.78. The highest BCUT2D eigenvalue weighted by molar-refractivity contribution is 5.78. The number of fused-ring (bicyclic) bond motifs is 1. The Morgan fingerprint density at radius 3 is 2.80 bits per heavy atom. The summed E-state index contributed by atoms with van der Waals surface area (Å²) >= 11 is 0. The van der Waals surface area contributed by atoms with Gasteiger partial charge in [-0.05, 0) is 25.1 Å². The zero-order valence-corrected chi connectivity index (χ0v) is 17.8. The topological polar surface area (TPSA) is 66.1 Å². The molecule has 0 radical (unpaired) electrons. The third-order valence-electron chi connectivity index (χ3n) is 6.04. The maximum atomic E-state index is 6.20. The fourth-order valence-corrected chi connectivity index (χ4v) is 4.41. The van der Waals surface area contributed by atoms with Crippen molar-refractivity contribution in [3.8, 4) is 5.75 Å². The number of aliphatic imine (C=N–C) groups is 1. The number of hydrogen-bond donors (Lipinski definition) is 2. The Kier molecular flexibility index (Phi) is 6.87. The summed E-state index contributed by atoms with van der Waals surface area (Å²) in [6.45, 7) is 5.74. The maximum absolute atomic E-state index is 6.20. The molecule has 2 aliphatic heterocycles. The number of rotatable bonds is 6. The van der Waals surface area contributed by atoms with Crippen LogP contribution in [0.3, 0.4) is 0 Å². The molecule has 0 aliphatic carbocycles. The van der Waals surface area contributed by atoms with Gasteiger partial charge in [0.2, 0.25) is 0 Å². The number of ether oxygens (including phenoxy) is 1. The van der Waals surface area contributed by atoms with Crippen molar-refractivity contribution in [2.24, 2.45) is 10.7 Å². The standard InChI is InChI=1S/C24H33N5O/c1-28-15-16-29(22(18-28)19-8-3-2-4-9-19)14-7-13-26-24(25)27-21-12-17-30-23-11-6-5-10-20(21)23/h2-6,8-11,21-22H,7,12-18H2,1H3,(H3,25,26,27). The molecule has 0 bridgehead atoms. The Morgan fingerprint density at radius 2 is 1.93 bits per heavy atom. The van der Waals surface area contributed by atoms with Crippen LogP contribution in [-0.2, 0) is 0 Å². The molecule has 6 nitrogen and oxygen atoms in total. The van der Waals surface area contributed by atoms with Crippen LogP contribution in [0.15, 0.2) is 59.6 Å². The first-order chi connectivity index (χ1) is 14.7. The van der Waals surface area contributed by atoms with E-state index in [2.05, 4.69) is 63.6 Å². The van der Waals surface area contributed by atoms with Crippen molar-refractivity contribution in [3.05, 3.63) is 65.7 Å². The van der Waals surface area contributed by atoms with Crippen molar-refractivity contribution in [2.75, 3.05) is 46.4 Å². The predicted octanol–water partition coefficient (Wildman–Crippen LogP) is 2.79. The third kappa shape index (κ3) is 5.12. The summed E-state index contributed by atoms with van der Waals surface area (Å²) in [4.78, 5) is 9.60. The van der Waals surface area contributed by atoms with Crippen LogP contribution < -0.4 is 15.8 Å². The van der Waals surface area contributed by atoms with E-state index in [-0.39, 0.29) is 6.04 Å². The maximum Gasteiger partial charge on any atom is 0.189 e. The zero-order valence-electron chi connectivity index (χ0n) is 17.8. The molecule has 30 heavy (non-hydrogen) atoms. The van der Waals surface area contributed by atoms with E-state index in [4.69, 9.17) is 10.5 Å². The molecule has 0 amide bonds. The van der Waals surface area contributed by atoms with Gasteiger partial charge in [0, 0.05) is 50.7 Å². The molecule has 2 atom stereocenters. The van der Waals surface area contributed by atoms with E-state index in [0.29, 0.717) is 18.6 Å². The number of nitrogens with two attached hydrogens (primary N) is 1. The van der Waals surface area contributed by atoms with Crippen LogP contribution in [0, 0.1) is 0 Å². The van der Waals surface area contributed by atoms with Crippen molar-refractivity contribution in [2.45, 2.75) is 24.9 Å². The Hall–Kier alpha value is -2.57. The smallest absolute Gasteiger partial charge is 0.189 e. The lowest BCUT2D eigenvalue weighted by atomic mass is 10.0. The van der Waals surface area contributed by atoms with Gasteiger partial charge in [-0.1, -0.05) is 48.5 Å². The molecule has 2 heterocycles. The van der Waals surface area contributed by atoms with Crippen LogP contribution in [0.4, 0.5) is 0 Å².